The van der Waals surface area contributed by atoms with Crippen LogP contribution in [0.3, 0.4) is 0 Å². The predicted molar refractivity (Wildman–Crippen MR) is 69.9 cm³/mol. The van der Waals surface area contributed by atoms with Crippen LogP contribution in [0.5, 0.6) is 0 Å². The second-order valence-corrected chi connectivity index (χ2v) is 4.02. The molecule has 0 aliphatic heterocycles. The highest BCUT2D eigenvalue weighted by molar-refractivity contribution is 5.13. The van der Waals surface area contributed by atoms with Crippen molar-refractivity contribution in [2.24, 2.45) is 0 Å². The summed E-state index contributed by atoms with van der Waals surface area (Å²) in [5.41, 5.74) is 1.34. The molecule has 0 heterocycles. The minimum atomic E-state index is 0. The Bertz CT molecular complexity index is 259. The molecular weight excluding hydrogens is 198 g/mol. The Labute approximate surface area is 99.6 Å². The minimum Gasteiger partial charge on any atom is -0.370 e. The molecule has 16 heavy (non-hydrogen) atoms. The maximum atomic E-state index is 6.06. The summed E-state index contributed by atoms with van der Waals surface area (Å²) >= 11 is 0. The normalized spacial score (nSPS) is 10.9. The van der Waals surface area contributed by atoms with Crippen molar-refractivity contribution in [3.05, 3.63) is 35.9 Å². The van der Waals surface area contributed by atoms with Crippen LogP contribution in [-0.2, 0) is 11.3 Å². The smallest absolute Gasteiger partial charge is 0.0724 e. The van der Waals surface area contributed by atoms with Crippen LogP contribution in [0.2, 0.25) is 0 Å². The van der Waals surface area contributed by atoms with Gasteiger partial charge in [-0.2, -0.15) is 0 Å². The maximum absolute atomic E-state index is 6.06. The average Bonchev–Trinajstić information content (AvgIpc) is 2.33. The van der Waals surface area contributed by atoms with Crippen LogP contribution in [0.15, 0.2) is 30.3 Å². The zero-order valence-electron chi connectivity index (χ0n) is 10.8. The molecule has 0 atom stereocenters. The molecule has 0 aromatic heterocycles. The standard InChI is InChI=1S/C14H22O.H3N/c1-4-14(5-2,6-3)15-12-13-10-8-7-9-11-13;/h7-11H,4-6,12H2,1-3H3;1H3. The van der Waals surface area contributed by atoms with Crippen molar-refractivity contribution in [2.75, 3.05) is 0 Å². The van der Waals surface area contributed by atoms with Gasteiger partial charge in [-0.25, -0.2) is 0 Å². The number of hydrogen-bond donors (Lipinski definition) is 1. The molecule has 2 heteroatoms. The van der Waals surface area contributed by atoms with E-state index in [-0.39, 0.29) is 11.8 Å². The molecule has 0 unspecified atom stereocenters. The van der Waals surface area contributed by atoms with Crippen molar-refractivity contribution in [3.8, 4) is 0 Å². The molecule has 0 bridgehead atoms. The summed E-state index contributed by atoms with van der Waals surface area (Å²) < 4.78 is 6.06. The first kappa shape index (κ1) is 15.1. The van der Waals surface area contributed by atoms with Gasteiger partial charge in [0.15, 0.2) is 0 Å². The van der Waals surface area contributed by atoms with E-state index >= 15 is 0 Å². The van der Waals surface area contributed by atoms with Gasteiger partial charge in [0, 0.05) is 0 Å². The highest BCUT2D eigenvalue weighted by atomic mass is 16.5. The van der Waals surface area contributed by atoms with Crippen molar-refractivity contribution >= 4 is 0 Å². The quantitative estimate of drug-likeness (QED) is 0.780. The monoisotopic (exact) mass is 223 g/mol. The summed E-state index contributed by atoms with van der Waals surface area (Å²) in [5, 5.41) is 0. The molecule has 0 radical (unpaired) electrons. The van der Waals surface area contributed by atoms with E-state index in [4.69, 9.17) is 4.74 Å². The molecule has 1 aromatic carbocycles. The molecule has 1 rings (SSSR count). The van der Waals surface area contributed by atoms with E-state index in [9.17, 15) is 0 Å². The largest absolute Gasteiger partial charge is 0.370 e. The molecule has 3 N–H and O–H groups in total. The molecular formula is C14H25NO. The highest BCUT2D eigenvalue weighted by Gasteiger charge is 2.24. The Morgan fingerprint density at radius 2 is 1.44 bits per heavy atom. The van der Waals surface area contributed by atoms with E-state index in [2.05, 4.69) is 45.0 Å². The number of ether oxygens (including phenoxy) is 1. The average molecular weight is 223 g/mol. The molecule has 0 fully saturated rings. The number of benzene rings is 1. The van der Waals surface area contributed by atoms with Gasteiger partial charge in [0.05, 0.1) is 12.2 Å². The van der Waals surface area contributed by atoms with Crippen molar-refractivity contribution in [1.29, 1.82) is 0 Å². The van der Waals surface area contributed by atoms with E-state index in [1.807, 2.05) is 6.07 Å². The van der Waals surface area contributed by atoms with Crippen molar-refractivity contribution in [3.63, 3.8) is 0 Å². The van der Waals surface area contributed by atoms with Crippen LogP contribution in [0.4, 0.5) is 0 Å². The maximum Gasteiger partial charge on any atom is 0.0724 e. The van der Waals surface area contributed by atoms with Crippen LogP contribution in [0.1, 0.15) is 45.6 Å². The van der Waals surface area contributed by atoms with Crippen molar-refractivity contribution in [1.82, 2.24) is 6.15 Å². The molecule has 0 aliphatic rings. The molecule has 1 aromatic rings. The lowest BCUT2D eigenvalue weighted by atomic mass is 9.94. The zero-order chi connectivity index (χ0) is 11.1. The van der Waals surface area contributed by atoms with Crippen molar-refractivity contribution < 1.29 is 4.74 Å². The minimum absolute atomic E-state index is 0. The van der Waals surface area contributed by atoms with Gasteiger partial charge in [-0.3, -0.25) is 0 Å². The van der Waals surface area contributed by atoms with Gasteiger partial charge in [0.2, 0.25) is 0 Å². The molecule has 0 spiro atoms. The second kappa shape index (κ2) is 7.42. The first-order valence-electron chi connectivity index (χ1n) is 5.94. The van der Waals surface area contributed by atoms with Crippen LogP contribution in [0.25, 0.3) is 0 Å². The van der Waals surface area contributed by atoms with Gasteiger partial charge < -0.3 is 10.9 Å². The lowest BCUT2D eigenvalue weighted by molar-refractivity contribution is -0.0648. The molecule has 0 amide bonds. The molecule has 0 saturated heterocycles. The fraction of sp³-hybridized carbons (Fsp3) is 0.571. The summed E-state index contributed by atoms with van der Waals surface area (Å²) in [6.07, 6.45) is 3.27. The summed E-state index contributed by atoms with van der Waals surface area (Å²) in [6.45, 7) is 7.35. The Morgan fingerprint density at radius 3 is 1.88 bits per heavy atom. The Balaban J connectivity index is 0.00000225. The Kier molecular flexibility index (Phi) is 7.02. The topological polar surface area (TPSA) is 44.2 Å². The van der Waals surface area contributed by atoms with Crippen LogP contribution >= 0.6 is 0 Å². The van der Waals surface area contributed by atoms with Crippen LogP contribution < -0.4 is 6.15 Å². The fourth-order valence-corrected chi connectivity index (χ4v) is 1.87. The third-order valence-corrected chi connectivity index (χ3v) is 3.32. The van der Waals surface area contributed by atoms with Crippen molar-refractivity contribution in [2.45, 2.75) is 52.2 Å². The summed E-state index contributed by atoms with van der Waals surface area (Å²) in [7, 11) is 0. The highest BCUT2D eigenvalue weighted by Crippen LogP contribution is 2.25. The van der Waals surface area contributed by atoms with E-state index in [1.165, 1.54) is 5.56 Å². The number of hydrogen-bond acceptors (Lipinski definition) is 2. The summed E-state index contributed by atoms with van der Waals surface area (Å²) in [4.78, 5) is 0. The zero-order valence-corrected chi connectivity index (χ0v) is 10.8. The van der Waals surface area contributed by atoms with Gasteiger partial charge in [-0.05, 0) is 24.8 Å². The molecule has 0 aliphatic carbocycles. The van der Waals surface area contributed by atoms with Crippen LogP contribution in [-0.4, -0.2) is 5.60 Å². The lowest BCUT2D eigenvalue weighted by Crippen LogP contribution is -2.29. The SMILES string of the molecule is CCC(CC)(CC)OCc1ccccc1.N. The Hall–Kier alpha value is -0.860. The van der Waals surface area contributed by atoms with Gasteiger partial charge in [-0.1, -0.05) is 51.1 Å². The lowest BCUT2D eigenvalue weighted by Gasteiger charge is -2.30. The summed E-state index contributed by atoms with van der Waals surface area (Å²) in [5.74, 6) is 0. The van der Waals surface area contributed by atoms with Gasteiger partial charge in [0.1, 0.15) is 0 Å². The molecule has 92 valence electrons. The fourth-order valence-electron chi connectivity index (χ4n) is 1.87. The van der Waals surface area contributed by atoms with Gasteiger partial charge in [-0.15, -0.1) is 0 Å². The Morgan fingerprint density at radius 1 is 0.938 bits per heavy atom. The molecule has 0 saturated carbocycles. The van der Waals surface area contributed by atoms with E-state index in [0.717, 1.165) is 25.9 Å². The predicted octanol–water partition coefficient (Wildman–Crippen LogP) is 4.33. The van der Waals surface area contributed by atoms with Gasteiger partial charge in [0.25, 0.3) is 0 Å². The first-order valence-corrected chi connectivity index (χ1v) is 5.94. The summed E-state index contributed by atoms with van der Waals surface area (Å²) in [6, 6.07) is 10.4. The second-order valence-electron chi connectivity index (χ2n) is 4.02. The third-order valence-electron chi connectivity index (χ3n) is 3.32. The van der Waals surface area contributed by atoms with Crippen LogP contribution in [0, 0.1) is 0 Å². The number of rotatable bonds is 6. The first-order chi connectivity index (χ1) is 7.26. The van der Waals surface area contributed by atoms with E-state index < -0.39 is 0 Å². The van der Waals surface area contributed by atoms with Gasteiger partial charge >= 0.3 is 0 Å². The third kappa shape index (κ3) is 3.95. The molecule has 2 nitrogen and oxygen atoms in total. The van der Waals surface area contributed by atoms with E-state index in [1.54, 1.807) is 0 Å². The van der Waals surface area contributed by atoms with E-state index in [0.29, 0.717) is 0 Å².